The van der Waals surface area contributed by atoms with Crippen molar-refractivity contribution in [2.24, 2.45) is 0 Å². The predicted molar refractivity (Wildman–Crippen MR) is 118 cm³/mol. The van der Waals surface area contributed by atoms with E-state index in [0.29, 0.717) is 18.0 Å². The van der Waals surface area contributed by atoms with Gasteiger partial charge in [-0.25, -0.2) is 4.39 Å². The van der Waals surface area contributed by atoms with Gasteiger partial charge in [-0.2, -0.15) is 0 Å². The first-order valence-corrected chi connectivity index (χ1v) is 9.79. The van der Waals surface area contributed by atoms with Crippen LogP contribution in [-0.4, -0.2) is 17.6 Å². The van der Waals surface area contributed by atoms with E-state index < -0.39 is 0 Å². The lowest BCUT2D eigenvalue weighted by atomic mass is 10.1. The fourth-order valence-electron chi connectivity index (χ4n) is 3.67. The van der Waals surface area contributed by atoms with Crippen LogP contribution in [0.5, 0.6) is 5.75 Å². The van der Waals surface area contributed by atoms with Gasteiger partial charge in [0, 0.05) is 23.6 Å². The van der Waals surface area contributed by atoms with E-state index in [1.807, 2.05) is 55.6 Å². The van der Waals surface area contributed by atoms with E-state index >= 15 is 0 Å². The Balaban J connectivity index is 1.59. The van der Waals surface area contributed by atoms with Crippen molar-refractivity contribution >= 4 is 22.5 Å². The van der Waals surface area contributed by atoms with Crippen molar-refractivity contribution in [1.29, 1.82) is 0 Å². The summed E-state index contributed by atoms with van der Waals surface area (Å²) in [6, 6.07) is 20.2. The summed E-state index contributed by atoms with van der Waals surface area (Å²) in [6.45, 7) is 2.58. The molecule has 0 saturated carbocycles. The number of para-hydroxylation sites is 1. The molecule has 3 aromatic carbocycles. The number of hydrogen-bond acceptors (Lipinski definition) is 2. The van der Waals surface area contributed by atoms with Crippen molar-refractivity contribution in [1.82, 2.24) is 4.57 Å². The highest BCUT2D eigenvalue weighted by molar-refractivity contribution is 5.97. The molecule has 4 nitrogen and oxygen atoms in total. The van der Waals surface area contributed by atoms with Crippen LogP contribution in [0.4, 0.5) is 10.1 Å². The molecule has 1 heterocycles. The van der Waals surface area contributed by atoms with Crippen LogP contribution in [0.15, 0.2) is 72.9 Å². The summed E-state index contributed by atoms with van der Waals surface area (Å²) in [5.41, 5.74) is 4.69. The molecular formula is C25H23FN2O2. The molecule has 0 aliphatic rings. The van der Waals surface area contributed by atoms with E-state index in [1.54, 1.807) is 19.2 Å². The first kappa shape index (κ1) is 19.7. The maximum Gasteiger partial charge on any atom is 0.228 e. The van der Waals surface area contributed by atoms with Crippen LogP contribution in [-0.2, 0) is 17.8 Å². The highest BCUT2D eigenvalue weighted by Gasteiger charge is 2.14. The lowest BCUT2D eigenvalue weighted by Gasteiger charge is -2.11. The number of fused-ring (bicyclic) bond motifs is 1. The number of carbonyl (C=O) groups is 1. The average molecular weight is 402 g/mol. The van der Waals surface area contributed by atoms with Crippen molar-refractivity contribution in [3.8, 4) is 5.75 Å². The number of anilines is 1. The second-order valence-corrected chi connectivity index (χ2v) is 7.35. The normalized spacial score (nSPS) is 10.9. The van der Waals surface area contributed by atoms with E-state index in [1.165, 1.54) is 12.1 Å². The van der Waals surface area contributed by atoms with Crippen LogP contribution in [0, 0.1) is 12.7 Å². The smallest absolute Gasteiger partial charge is 0.228 e. The molecule has 0 atom stereocenters. The first-order valence-electron chi connectivity index (χ1n) is 9.79. The molecular weight excluding hydrogens is 379 g/mol. The molecule has 1 aromatic heterocycles. The maximum atomic E-state index is 13.2. The summed E-state index contributed by atoms with van der Waals surface area (Å²) >= 11 is 0. The summed E-state index contributed by atoms with van der Waals surface area (Å²) in [4.78, 5) is 12.8. The van der Waals surface area contributed by atoms with Crippen molar-refractivity contribution in [3.63, 3.8) is 0 Å². The molecule has 0 aliphatic heterocycles. The van der Waals surface area contributed by atoms with Crippen molar-refractivity contribution in [3.05, 3.63) is 95.4 Å². The van der Waals surface area contributed by atoms with Crippen LogP contribution in [0.2, 0.25) is 0 Å². The Morgan fingerprint density at radius 1 is 1.07 bits per heavy atom. The SMILES string of the molecule is COc1ccc(C)cc1NC(=O)Cc1cn(Cc2ccc(F)cc2)c2ccccc12. The molecule has 0 saturated heterocycles. The van der Waals surface area contributed by atoms with E-state index in [4.69, 9.17) is 4.74 Å². The molecule has 0 bridgehead atoms. The number of carbonyl (C=O) groups excluding carboxylic acids is 1. The summed E-state index contributed by atoms with van der Waals surface area (Å²) < 4.78 is 20.7. The van der Waals surface area contributed by atoms with Gasteiger partial charge in [0.15, 0.2) is 0 Å². The topological polar surface area (TPSA) is 43.3 Å². The van der Waals surface area contributed by atoms with Gasteiger partial charge in [-0.1, -0.05) is 36.4 Å². The Morgan fingerprint density at radius 2 is 1.83 bits per heavy atom. The predicted octanol–water partition coefficient (Wildman–Crippen LogP) is 5.33. The molecule has 5 heteroatoms. The Bertz CT molecular complexity index is 1200. The van der Waals surface area contributed by atoms with Crippen LogP contribution in [0.1, 0.15) is 16.7 Å². The van der Waals surface area contributed by atoms with Gasteiger partial charge in [-0.05, 0) is 53.9 Å². The maximum absolute atomic E-state index is 13.2. The fourth-order valence-corrected chi connectivity index (χ4v) is 3.67. The Morgan fingerprint density at radius 3 is 2.60 bits per heavy atom. The summed E-state index contributed by atoms with van der Waals surface area (Å²) in [6.07, 6.45) is 2.25. The van der Waals surface area contributed by atoms with Gasteiger partial charge in [0.1, 0.15) is 11.6 Å². The number of methoxy groups -OCH3 is 1. The molecule has 152 valence electrons. The van der Waals surface area contributed by atoms with E-state index in [9.17, 15) is 9.18 Å². The monoisotopic (exact) mass is 402 g/mol. The average Bonchev–Trinajstić information content (AvgIpc) is 3.07. The summed E-state index contributed by atoms with van der Waals surface area (Å²) in [5, 5.41) is 4.00. The minimum absolute atomic E-state index is 0.108. The number of benzene rings is 3. The van der Waals surface area contributed by atoms with Gasteiger partial charge >= 0.3 is 0 Å². The van der Waals surface area contributed by atoms with Gasteiger partial charge in [-0.3, -0.25) is 4.79 Å². The van der Waals surface area contributed by atoms with E-state index in [-0.39, 0.29) is 18.1 Å². The van der Waals surface area contributed by atoms with E-state index in [0.717, 1.165) is 27.6 Å². The van der Waals surface area contributed by atoms with Gasteiger partial charge < -0.3 is 14.6 Å². The van der Waals surface area contributed by atoms with Gasteiger partial charge in [0.25, 0.3) is 0 Å². The first-order chi connectivity index (χ1) is 14.5. The standard InChI is InChI=1S/C25H23FN2O2/c1-17-7-12-24(30-2)22(13-17)27-25(29)14-19-16-28(23-6-4-3-5-21(19)23)15-18-8-10-20(26)11-9-18/h3-13,16H,14-15H2,1-2H3,(H,27,29). The minimum atomic E-state index is -0.250. The zero-order chi connectivity index (χ0) is 21.1. The summed E-state index contributed by atoms with van der Waals surface area (Å²) in [7, 11) is 1.59. The quantitative estimate of drug-likeness (QED) is 0.474. The molecule has 30 heavy (non-hydrogen) atoms. The van der Waals surface area contributed by atoms with Crippen LogP contribution in [0.25, 0.3) is 10.9 Å². The molecule has 1 amide bonds. The summed E-state index contributed by atoms with van der Waals surface area (Å²) in [5.74, 6) is 0.274. The van der Waals surface area contributed by atoms with Crippen molar-refractivity contribution in [2.45, 2.75) is 19.9 Å². The highest BCUT2D eigenvalue weighted by Crippen LogP contribution is 2.27. The zero-order valence-electron chi connectivity index (χ0n) is 17.0. The number of rotatable bonds is 6. The van der Waals surface area contributed by atoms with E-state index in [2.05, 4.69) is 9.88 Å². The largest absolute Gasteiger partial charge is 0.495 e. The number of nitrogens with zero attached hydrogens (tertiary/aromatic N) is 1. The zero-order valence-corrected chi connectivity index (χ0v) is 17.0. The second-order valence-electron chi connectivity index (χ2n) is 7.35. The van der Waals surface area contributed by atoms with Gasteiger partial charge in [0.05, 0.1) is 19.2 Å². The molecule has 0 aliphatic carbocycles. The molecule has 0 unspecified atom stereocenters. The lowest BCUT2D eigenvalue weighted by Crippen LogP contribution is -2.15. The molecule has 4 rings (SSSR count). The third-order valence-electron chi connectivity index (χ3n) is 5.12. The van der Waals surface area contributed by atoms with Crippen LogP contribution >= 0.6 is 0 Å². The Labute approximate surface area is 174 Å². The number of nitrogens with one attached hydrogen (secondary N) is 1. The Hall–Kier alpha value is -3.60. The molecule has 1 N–H and O–H groups in total. The van der Waals surface area contributed by atoms with Crippen molar-refractivity contribution < 1.29 is 13.9 Å². The molecule has 4 aromatic rings. The van der Waals surface area contributed by atoms with Crippen LogP contribution < -0.4 is 10.1 Å². The number of hydrogen-bond donors (Lipinski definition) is 1. The molecule has 0 radical (unpaired) electrons. The van der Waals surface area contributed by atoms with Crippen LogP contribution in [0.3, 0.4) is 0 Å². The van der Waals surface area contributed by atoms with Gasteiger partial charge in [-0.15, -0.1) is 0 Å². The lowest BCUT2D eigenvalue weighted by molar-refractivity contribution is -0.115. The molecule has 0 fully saturated rings. The third-order valence-corrected chi connectivity index (χ3v) is 5.12. The number of aromatic nitrogens is 1. The minimum Gasteiger partial charge on any atom is -0.495 e. The number of halogens is 1. The third kappa shape index (κ3) is 4.20. The molecule has 0 spiro atoms. The highest BCUT2D eigenvalue weighted by atomic mass is 19.1. The van der Waals surface area contributed by atoms with Crippen molar-refractivity contribution in [2.75, 3.05) is 12.4 Å². The second kappa shape index (κ2) is 8.41. The number of ether oxygens (including phenoxy) is 1. The fraction of sp³-hybridized carbons (Fsp3) is 0.160. The Kier molecular flexibility index (Phi) is 5.53. The number of amides is 1. The number of aryl methyl sites for hydroxylation is 1. The van der Waals surface area contributed by atoms with Gasteiger partial charge in [0.2, 0.25) is 5.91 Å².